The first-order chi connectivity index (χ1) is 18.1. The van der Waals surface area contributed by atoms with E-state index >= 15 is 0 Å². The van der Waals surface area contributed by atoms with Crippen molar-refractivity contribution >= 4 is 35.0 Å². The third kappa shape index (κ3) is 5.34. The van der Waals surface area contributed by atoms with Crippen LogP contribution in [0.15, 0.2) is 76.5 Å². The number of fused-ring (bicyclic) bond motifs is 2. The number of nitrogens with zero attached hydrogens (tertiary/aromatic N) is 5. The van der Waals surface area contributed by atoms with E-state index in [0.29, 0.717) is 23.3 Å². The molecule has 1 aliphatic heterocycles. The van der Waals surface area contributed by atoms with Gasteiger partial charge in [-0.1, -0.05) is 62.7 Å². The van der Waals surface area contributed by atoms with Crippen LogP contribution in [0.1, 0.15) is 39.5 Å². The number of phenolic OH excluding ortho intramolecular Hbond substituents is 2. The van der Waals surface area contributed by atoms with E-state index in [2.05, 4.69) is 47.9 Å². The smallest absolute Gasteiger partial charge is 0.240 e. The van der Waals surface area contributed by atoms with E-state index in [9.17, 15) is 10.2 Å². The molecule has 1 aromatic heterocycles. The van der Waals surface area contributed by atoms with Crippen molar-refractivity contribution in [2.75, 3.05) is 22.9 Å². The summed E-state index contributed by atoms with van der Waals surface area (Å²) in [6.45, 7) is 6.04. The van der Waals surface area contributed by atoms with Crippen LogP contribution in [0.4, 0.5) is 23.3 Å². The van der Waals surface area contributed by atoms with Crippen molar-refractivity contribution in [3.05, 3.63) is 66.7 Å². The lowest BCUT2D eigenvalue weighted by Crippen LogP contribution is -2.29. The third-order valence-corrected chi connectivity index (χ3v) is 7.38. The Morgan fingerprint density at radius 3 is 1.89 bits per heavy atom. The normalized spacial score (nSPS) is 12.2. The Morgan fingerprint density at radius 1 is 0.757 bits per heavy atom. The number of hydrogen-bond donors (Lipinski definition) is 2. The number of para-hydroxylation sites is 2. The number of benzene rings is 3. The summed E-state index contributed by atoms with van der Waals surface area (Å²) in [5.41, 5.74) is 2.53. The number of unbranched alkanes of at least 4 members (excludes halogenated alkanes) is 2. The molecule has 0 bridgehead atoms. The van der Waals surface area contributed by atoms with Crippen molar-refractivity contribution in [1.82, 2.24) is 15.0 Å². The highest BCUT2D eigenvalue weighted by Crippen LogP contribution is 2.50. The number of aromatic nitrogens is 3. The van der Waals surface area contributed by atoms with E-state index < -0.39 is 0 Å². The number of anilines is 4. The Labute approximate surface area is 221 Å². The van der Waals surface area contributed by atoms with E-state index in [1.165, 1.54) is 6.07 Å². The molecule has 0 fully saturated rings. The van der Waals surface area contributed by atoms with Crippen molar-refractivity contribution in [2.24, 2.45) is 0 Å². The van der Waals surface area contributed by atoms with Crippen LogP contribution in [0.3, 0.4) is 0 Å². The molecule has 3 aromatic carbocycles. The van der Waals surface area contributed by atoms with Gasteiger partial charge in [0, 0.05) is 34.5 Å². The maximum atomic E-state index is 10.2. The second-order valence-corrected chi connectivity index (χ2v) is 10.1. The molecule has 0 spiro atoms. The summed E-state index contributed by atoms with van der Waals surface area (Å²) in [6.07, 6.45) is 4.19. The molecular weight excluding hydrogens is 482 g/mol. The number of hydrogen-bond acceptors (Lipinski definition) is 8. The zero-order valence-corrected chi connectivity index (χ0v) is 21.9. The van der Waals surface area contributed by atoms with Gasteiger partial charge in [-0.15, -0.1) is 0 Å². The van der Waals surface area contributed by atoms with Crippen LogP contribution >= 0.6 is 11.8 Å². The summed E-state index contributed by atoms with van der Waals surface area (Å²) >= 11 is 1.73. The first-order valence-electron chi connectivity index (χ1n) is 12.8. The molecule has 8 heteroatoms. The summed E-state index contributed by atoms with van der Waals surface area (Å²) in [4.78, 5) is 21.3. The van der Waals surface area contributed by atoms with E-state index in [4.69, 9.17) is 15.0 Å². The predicted octanol–water partition coefficient (Wildman–Crippen LogP) is 7.29. The van der Waals surface area contributed by atoms with Gasteiger partial charge in [-0.25, -0.2) is 0 Å². The van der Waals surface area contributed by atoms with Gasteiger partial charge < -0.3 is 15.1 Å². The Hall–Kier alpha value is -3.78. The second kappa shape index (κ2) is 11.1. The molecule has 0 saturated heterocycles. The van der Waals surface area contributed by atoms with Gasteiger partial charge in [0.15, 0.2) is 5.82 Å². The summed E-state index contributed by atoms with van der Waals surface area (Å²) in [5, 5.41) is 20.4. The van der Waals surface area contributed by atoms with Crippen molar-refractivity contribution in [3.63, 3.8) is 0 Å². The zero-order valence-electron chi connectivity index (χ0n) is 21.1. The van der Waals surface area contributed by atoms with Gasteiger partial charge in [0.25, 0.3) is 0 Å². The highest BCUT2D eigenvalue weighted by molar-refractivity contribution is 7.99. The molecule has 0 amide bonds. The van der Waals surface area contributed by atoms with Crippen LogP contribution in [0.25, 0.3) is 11.4 Å². The van der Waals surface area contributed by atoms with Crippen molar-refractivity contribution in [1.29, 1.82) is 0 Å². The Morgan fingerprint density at radius 2 is 1.32 bits per heavy atom. The lowest BCUT2D eigenvalue weighted by molar-refractivity contribution is 0.451. The molecule has 37 heavy (non-hydrogen) atoms. The fourth-order valence-electron chi connectivity index (χ4n) is 4.38. The van der Waals surface area contributed by atoms with E-state index in [-0.39, 0.29) is 11.5 Å². The number of aromatic hydroxyl groups is 2. The first-order valence-corrected chi connectivity index (χ1v) is 13.6. The van der Waals surface area contributed by atoms with Crippen LogP contribution in [0.2, 0.25) is 0 Å². The first kappa shape index (κ1) is 24.9. The Kier molecular flexibility index (Phi) is 7.46. The SMILES string of the molecule is CCCCN(CCCC)c1nc(-c2cc(O)cc(O)c2)nc(N2c3ccccc3Sc3ccccc32)n1. The van der Waals surface area contributed by atoms with Crippen molar-refractivity contribution < 1.29 is 10.2 Å². The van der Waals surface area contributed by atoms with Gasteiger partial charge >= 0.3 is 0 Å². The molecule has 0 aliphatic carbocycles. The molecule has 0 unspecified atom stereocenters. The molecule has 190 valence electrons. The van der Waals surface area contributed by atoms with Crippen molar-refractivity contribution in [2.45, 2.75) is 49.3 Å². The topological polar surface area (TPSA) is 85.6 Å². The average Bonchev–Trinajstić information content (AvgIpc) is 2.91. The lowest BCUT2D eigenvalue weighted by Gasteiger charge is -2.32. The standard InChI is InChI=1S/C29H31N5O2S/c1-3-5-15-33(16-6-4-2)28-30-27(20-17-21(35)19-22(36)18-20)31-29(32-28)34-23-11-7-9-13-25(23)37-26-14-10-8-12-24(26)34/h7-14,17-19,35-36H,3-6,15-16H2,1-2H3. The molecule has 0 radical (unpaired) electrons. The molecule has 5 rings (SSSR count). The van der Waals surface area contributed by atoms with Gasteiger partial charge in [-0.05, 0) is 49.2 Å². The van der Waals surface area contributed by atoms with Crippen LogP contribution in [-0.2, 0) is 0 Å². The van der Waals surface area contributed by atoms with Crippen LogP contribution in [0, 0.1) is 0 Å². The predicted molar refractivity (Wildman–Crippen MR) is 149 cm³/mol. The zero-order chi connectivity index (χ0) is 25.8. The number of rotatable bonds is 9. The minimum absolute atomic E-state index is 0.0441. The van der Waals surface area contributed by atoms with E-state index in [1.54, 1.807) is 23.9 Å². The minimum atomic E-state index is -0.0441. The van der Waals surface area contributed by atoms with Gasteiger partial charge in [-0.2, -0.15) is 15.0 Å². The summed E-state index contributed by atoms with van der Waals surface area (Å²) in [7, 11) is 0. The Balaban J connectivity index is 1.71. The monoisotopic (exact) mass is 513 g/mol. The third-order valence-electron chi connectivity index (χ3n) is 6.25. The number of phenols is 2. The highest BCUT2D eigenvalue weighted by Gasteiger charge is 2.28. The van der Waals surface area contributed by atoms with Gasteiger partial charge in [0.05, 0.1) is 11.4 Å². The summed E-state index contributed by atoms with van der Waals surface area (Å²) < 4.78 is 0. The molecule has 2 N–H and O–H groups in total. The highest BCUT2D eigenvalue weighted by atomic mass is 32.2. The maximum absolute atomic E-state index is 10.2. The lowest BCUT2D eigenvalue weighted by atomic mass is 10.2. The van der Waals surface area contributed by atoms with Gasteiger partial charge in [0.2, 0.25) is 11.9 Å². The molecule has 0 atom stereocenters. The second-order valence-electron chi connectivity index (χ2n) is 9.06. The quantitative estimate of drug-likeness (QED) is 0.212. The molecule has 7 nitrogen and oxygen atoms in total. The Bertz CT molecular complexity index is 1320. The van der Waals surface area contributed by atoms with E-state index in [0.717, 1.165) is 59.9 Å². The molecule has 1 aliphatic rings. The molecule has 4 aromatic rings. The fraction of sp³-hybridized carbons (Fsp3) is 0.276. The largest absolute Gasteiger partial charge is 0.508 e. The van der Waals surface area contributed by atoms with Crippen LogP contribution in [-0.4, -0.2) is 38.3 Å². The van der Waals surface area contributed by atoms with Gasteiger partial charge in [0.1, 0.15) is 11.5 Å². The summed E-state index contributed by atoms with van der Waals surface area (Å²) in [6, 6.07) is 20.9. The molecule has 2 heterocycles. The van der Waals surface area contributed by atoms with Crippen LogP contribution in [0.5, 0.6) is 11.5 Å². The summed E-state index contributed by atoms with van der Waals surface area (Å²) in [5.74, 6) is 1.41. The average molecular weight is 514 g/mol. The van der Waals surface area contributed by atoms with E-state index in [1.807, 2.05) is 24.3 Å². The minimum Gasteiger partial charge on any atom is -0.508 e. The molecular formula is C29H31N5O2S. The van der Waals surface area contributed by atoms with Crippen molar-refractivity contribution in [3.8, 4) is 22.9 Å². The van der Waals surface area contributed by atoms with Gasteiger partial charge in [-0.3, -0.25) is 4.90 Å². The van der Waals surface area contributed by atoms with Crippen LogP contribution < -0.4 is 9.80 Å². The fourth-order valence-corrected chi connectivity index (χ4v) is 5.44. The maximum Gasteiger partial charge on any atom is 0.240 e. The molecule has 0 saturated carbocycles.